The first-order chi connectivity index (χ1) is 19.7. The summed E-state index contributed by atoms with van der Waals surface area (Å²) in [4.78, 5) is 46.1. The Morgan fingerprint density at radius 3 is 2.49 bits per heavy atom. The number of esters is 2. The second-order valence-electron chi connectivity index (χ2n) is 10.8. The van der Waals surface area contributed by atoms with Crippen LogP contribution in [-0.2, 0) is 19.1 Å². The second-order valence-corrected chi connectivity index (χ2v) is 11.9. The van der Waals surface area contributed by atoms with Crippen molar-refractivity contribution in [2.75, 3.05) is 12.0 Å². The van der Waals surface area contributed by atoms with Gasteiger partial charge in [-0.05, 0) is 56.7 Å². The van der Waals surface area contributed by atoms with Gasteiger partial charge in [-0.2, -0.15) is 5.10 Å². The summed E-state index contributed by atoms with van der Waals surface area (Å²) >= 11 is 1.29. The summed E-state index contributed by atoms with van der Waals surface area (Å²) in [5, 5.41) is 4.59. The molecule has 1 aliphatic rings. The van der Waals surface area contributed by atoms with Crippen molar-refractivity contribution in [1.82, 2.24) is 14.6 Å². The second kappa shape index (κ2) is 11.8. The number of rotatable bonds is 7. The topological polar surface area (TPSA) is 103 Å². The van der Waals surface area contributed by atoms with Gasteiger partial charge in [0.15, 0.2) is 5.65 Å². The third kappa shape index (κ3) is 5.88. The normalized spacial score (nSPS) is 18.8. The summed E-state index contributed by atoms with van der Waals surface area (Å²) in [6, 6.07) is 13.3. The minimum absolute atomic E-state index is 0.150. The molecule has 3 aromatic heterocycles. The van der Waals surface area contributed by atoms with Crippen molar-refractivity contribution < 1.29 is 23.9 Å². The first kappa shape index (κ1) is 28.5. The van der Waals surface area contributed by atoms with Crippen LogP contribution in [0.2, 0.25) is 0 Å². The number of hydrogen-bond donors (Lipinski definition) is 0. The Morgan fingerprint density at radius 2 is 1.83 bits per heavy atom. The fourth-order valence-electron chi connectivity index (χ4n) is 5.50. The number of methoxy groups -OCH3 is 1. The lowest BCUT2D eigenvalue weighted by atomic mass is 9.79. The summed E-state index contributed by atoms with van der Waals surface area (Å²) in [7, 11) is 1.34. The maximum atomic E-state index is 14.1. The largest absolute Gasteiger partial charge is 0.465 e. The van der Waals surface area contributed by atoms with Crippen LogP contribution in [-0.4, -0.2) is 51.7 Å². The van der Waals surface area contributed by atoms with Gasteiger partial charge in [0.25, 0.3) is 0 Å². The van der Waals surface area contributed by atoms with Gasteiger partial charge in [-0.1, -0.05) is 31.2 Å². The Morgan fingerprint density at radius 1 is 1.10 bits per heavy atom. The third-order valence-corrected chi connectivity index (χ3v) is 8.64. The first-order valence-electron chi connectivity index (χ1n) is 13.8. The van der Waals surface area contributed by atoms with Crippen LogP contribution in [0.5, 0.6) is 0 Å². The van der Waals surface area contributed by atoms with Crippen LogP contribution in [0.1, 0.15) is 56.6 Å². The molecule has 10 heteroatoms. The van der Waals surface area contributed by atoms with Crippen LogP contribution in [0.4, 0.5) is 5.69 Å². The van der Waals surface area contributed by atoms with Crippen LogP contribution in [0, 0.1) is 11.8 Å². The summed E-state index contributed by atoms with van der Waals surface area (Å²) in [5.41, 5.74) is 3.91. The van der Waals surface area contributed by atoms with Crippen molar-refractivity contribution in [2.45, 2.75) is 59.1 Å². The van der Waals surface area contributed by atoms with Gasteiger partial charge in [-0.3, -0.25) is 9.59 Å². The molecule has 1 saturated carbocycles. The predicted octanol–water partition coefficient (Wildman–Crippen LogP) is 6.02. The van der Waals surface area contributed by atoms with Crippen molar-refractivity contribution >= 4 is 40.5 Å². The zero-order chi connectivity index (χ0) is 29.3. The highest BCUT2D eigenvalue weighted by Gasteiger charge is 2.40. The van der Waals surface area contributed by atoms with Crippen LogP contribution >= 0.6 is 11.3 Å². The van der Waals surface area contributed by atoms with E-state index in [2.05, 4.69) is 17.0 Å². The van der Waals surface area contributed by atoms with E-state index in [4.69, 9.17) is 9.47 Å². The number of carbonyl (C=O) groups is 3. The molecule has 0 N–H and O–H groups in total. The van der Waals surface area contributed by atoms with Gasteiger partial charge in [0.05, 0.1) is 24.4 Å². The highest BCUT2D eigenvalue weighted by atomic mass is 32.1. The molecule has 0 radical (unpaired) electrons. The lowest BCUT2D eigenvalue weighted by Gasteiger charge is -2.37. The minimum Gasteiger partial charge on any atom is -0.465 e. The molecule has 1 aliphatic carbocycles. The van der Waals surface area contributed by atoms with E-state index >= 15 is 0 Å². The number of thiophene rings is 1. The maximum absolute atomic E-state index is 14.1. The molecule has 3 heterocycles. The van der Waals surface area contributed by atoms with Gasteiger partial charge >= 0.3 is 11.9 Å². The zero-order valence-corrected chi connectivity index (χ0v) is 24.7. The molecule has 214 valence electrons. The first-order valence-corrected chi connectivity index (χ1v) is 14.6. The standard InChI is InChI=1S/C31H34N4O5S/c1-18(2)35(30(37)23-12-7-19(3)15-26(23)40-20(4)36)25-17-27(41-29(25)31(38)39-5)22-10-8-21(9-11-22)24-16-28-32-13-6-14-34(28)33-24/h6,8-11,13-14,16-19,23,26H,7,12,15H2,1-5H3/t19-,23-,26+/m0/s1. The molecule has 0 aliphatic heterocycles. The molecule has 5 rings (SSSR count). The van der Waals surface area contributed by atoms with Crippen LogP contribution in [0.25, 0.3) is 27.3 Å². The summed E-state index contributed by atoms with van der Waals surface area (Å²) in [5.74, 6) is -1.17. The van der Waals surface area contributed by atoms with Gasteiger partial charge in [0, 0.05) is 41.9 Å². The number of benzene rings is 1. The number of carbonyl (C=O) groups excluding carboxylic acids is 3. The number of amides is 1. The average Bonchev–Trinajstić information content (AvgIpc) is 3.57. The van der Waals surface area contributed by atoms with Crippen molar-refractivity contribution in [3.05, 3.63) is 59.7 Å². The van der Waals surface area contributed by atoms with Crippen LogP contribution in [0.15, 0.2) is 54.9 Å². The van der Waals surface area contributed by atoms with Crippen LogP contribution < -0.4 is 4.90 Å². The Kier molecular flexibility index (Phi) is 8.21. The van der Waals surface area contributed by atoms with Crippen molar-refractivity contribution in [3.8, 4) is 21.7 Å². The van der Waals surface area contributed by atoms with Gasteiger partial charge in [0.2, 0.25) is 5.91 Å². The summed E-state index contributed by atoms with van der Waals surface area (Å²) in [6.07, 6.45) is 5.21. The fraction of sp³-hybridized carbons (Fsp3) is 0.387. The Balaban J connectivity index is 1.49. The van der Waals surface area contributed by atoms with Gasteiger partial charge in [0.1, 0.15) is 11.0 Å². The van der Waals surface area contributed by atoms with Crippen molar-refractivity contribution in [2.24, 2.45) is 11.8 Å². The Hall–Kier alpha value is -4.05. The Labute approximate surface area is 243 Å². The minimum atomic E-state index is -0.502. The Bertz CT molecular complexity index is 1540. The van der Waals surface area contributed by atoms with Crippen LogP contribution in [0.3, 0.4) is 0 Å². The molecule has 1 fully saturated rings. The molecule has 4 aromatic rings. The van der Waals surface area contributed by atoms with Gasteiger partial charge in [-0.25, -0.2) is 14.3 Å². The molecule has 3 atom stereocenters. The summed E-state index contributed by atoms with van der Waals surface area (Å²) in [6.45, 7) is 7.32. The number of anilines is 1. The SMILES string of the molecule is COC(=O)c1sc(-c2ccc(-c3cc4ncccn4n3)cc2)cc1N(C(=O)[C@H]1CC[C@H](C)C[C@H]1OC(C)=O)C(C)C. The van der Waals surface area contributed by atoms with Crippen molar-refractivity contribution in [1.29, 1.82) is 0 Å². The lowest BCUT2D eigenvalue weighted by Crippen LogP contribution is -2.48. The lowest BCUT2D eigenvalue weighted by molar-refractivity contribution is -0.154. The van der Waals surface area contributed by atoms with E-state index < -0.39 is 24.0 Å². The molecule has 41 heavy (non-hydrogen) atoms. The molecule has 1 amide bonds. The van der Waals surface area contributed by atoms with E-state index in [0.29, 0.717) is 29.3 Å². The number of hydrogen-bond acceptors (Lipinski definition) is 8. The van der Waals surface area contributed by atoms with E-state index in [1.54, 1.807) is 15.6 Å². The third-order valence-electron chi connectivity index (χ3n) is 7.49. The molecular weight excluding hydrogens is 540 g/mol. The van der Waals surface area contributed by atoms with Gasteiger partial charge in [-0.15, -0.1) is 11.3 Å². The molecule has 1 aromatic carbocycles. The zero-order valence-electron chi connectivity index (χ0n) is 23.9. The quantitative estimate of drug-likeness (QED) is 0.249. The number of fused-ring (bicyclic) bond motifs is 1. The summed E-state index contributed by atoms with van der Waals surface area (Å²) < 4.78 is 12.5. The van der Waals surface area contributed by atoms with E-state index in [0.717, 1.165) is 33.8 Å². The average molecular weight is 575 g/mol. The maximum Gasteiger partial charge on any atom is 0.350 e. The van der Waals surface area contributed by atoms with Gasteiger partial charge < -0.3 is 14.4 Å². The number of nitrogens with zero attached hydrogens (tertiary/aromatic N) is 4. The predicted molar refractivity (Wildman–Crippen MR) is 158 cm³/mol. The molecule has 0 spiro atoms. The molecule has 9 nitrogen and oxygen atoms in total. The molecule has 0 unspecified atom stereocenters. The van der Waals surface area contributed by atoms with Crippen molar-refractivity contribution in [3.63, 3.8) is 0 Å². The van der Waals surface area contributed by atoms with E-state index in [9.17, 15) is 14.4 Å². The number of ether oxygens (including phenoxy) is 2. The van der Waals surface area contributed by atoms with E-state index in [1.165, 1.54) is 25.4 Å². The highest BCUT2D eigenvalue weighted by Crippen LogP contribution is 2.41. The molecule has 0 saturated heterocycles. The highest BCUT2D eigenvalue weighted by molar-refractivity contribution is 7.18. The number of aromatic nitrogens is 3. The monoisotopic (exact) mass is 574 g/mol. The van der Waals surface area contributed by atoms with E-state index in [1.807, 2.05) is 62.5 Å². The molecular formula is C31H34N4O5S. The molecule has 0 bridgehead atoms. The van der Waals surface area contributed by atoms with E-state index in [-0.39, 0.29) is 11.9 Å². The fourth-order valence-corrected chi connectivity index (χ4v) is 6.58. The smallest absolute Gasteiger partial charge is 0.350 e.